The van der Waals surface area contributed by atoms with Gasteiger partial charge >= 0.3 is 0 Å². The van der Waals surface area contributed by atoms with Gasteiger partial charge in [0.2, 0.25) is 5.91 Å². The van der Waals surface area contributed by atoms with Gasteiger partial charge in [0.05, 0.1) is 13.4 Å². The van der Waals surface area contributed by atoms with Crippen molar-refractivity contribution in [2.75, 3.05) is 33.3 Å². The van der Waals surface area contributed by atoms with Crippen LogP contribution < -0.4 is 4.74 Å². The van der Waals surface area contributed by atoms with E-state index in [1.54, 1.807) is 13.2 Å². The van der Waals surface area contributed by atoms with E-state index < -0.39 is 0 Å². The molecule has 5 rings (SSSR count). The third kappa shape index (κ3) is 4.94. The molecule has 2 aromatic carbocycles. The fourth-order valence-corrected chi connectivity index (χ4v) is 5.96. The normalized spacial score (nSPS) is 18.1. The van der Waals surface area contributed by atoms with E-state index in [1.807, 2.05) is 24.2 Å². The maximum Gasteiger partial charge on any atom is 0.246 e. The molecule has 1 aliphatic carbocycles. The minimum atomic E-state index is 0.0831. The molecule has 0 atom stereocenters. The van der Waals surface area contributed by atoms with E-state index in [0.717, 1.165) is 59.4 Å². The summed E-state index contributed by atoms with van der Waals surface area (Å²) in [5.74, 6) is 0.799. The molecule has 1 aliphatic heterocycles. The Morgan fingerprint density at radius 2 is 1.75 bits per heavy atom. The Hall–Kier alpha value is -3.05. The molecule has 0 radical (unpaired) electrons. The minimum absolute atomic E-state index is 0.0831. The number of benzene rings is 2. The van der Waals surface area contributed by atoms with Gasteiger partial charge in [-0.25, -0.2) is 0 Å². The van der Waals surface area contributed by atoms with Crippen LogP contribution in [0.1, 0.15) is 55.7 Å². The number of amides is 1. The van der Waals surface area contributed by atoms with Crippen LogP contribution in [0.2, 0.25) is 0 Å². The second-order valence-electron chi connectivity index (χ2n) is 10.5. The predicted octanol–water partition coefficient (Wildman–Crippen LogP) is 6.61. The zero-order chi connectivity index (χ0) is 25.2. The maximum absolute atomic E-state index is 13.2. The number of ether oxygens (including phenoxy) is 1. The summed E-state index contributed by atoms with van der Waals surface area (Å²) < 4.78 is 11.6. The second-order valence-corrected chi connectivity index (χ2v) is 10.5. The number of hydrogen-bond donors (Lipinski definition) is 0. The van der Waals surface area contributed by atoms with Gasteiger partial charge in [-0.05, 0) is 56.4 Å². The second kappa shape index (κ2) is 10.5. The largest absolute Gasteiger partial charge is 0.496 e. The van der Waals surface area contributed by atoms with Gasteiger partial charge in [0.15, 0.2) is 0 Å². The van der Waals surface area contributed by atoms with Crippen molar-refractivity contribution in [1.82, 2.24) is 9.80 Å². The summed E-state index contributed by atoms with van der Waals surface area (Å²) in [7, 11) is 1.66. The monoisotopic (exact) mass is 486 g/mol. The zero-order valence-electron chi connectivity index (χ0n) is 22.1. The molecule has 3 aromatic rings. The van der Waals surface area contributed by atoms with Crippen molar-refractivity contribution in [2.24, 2.45) is 0 Å². The highest BCUT2D eigenvalue weighted by Crippen LogP contribution is 2.38. The number of aryl methyl sites for hydroxylation is 2. The van der Waals surface area contributed by atoms with Gasteiger partial charge in [-0.15, -0.1) is 0 Å². The van der Waals surface area contributed by atoms with Crippen molar-refractivity contribution >= 4 is 22.4 Å². The van der Waals surface area contributed by atoms with Crippen molar-refractivity contribution in [3.05, 3.63) is 59.4 Å². The van der Waals surface area contributed by atoms with Crippen LogP contribution in [-0.2, 0) is 4.79 Å². The number of allylic oxidation sites excluding steroid dienone is 1. The lowest BCUT2D eigenvalue weighted by Crippen LogP contribution is -2.52. The van der Waals surface area contributed by atoms with Crippen LogP contribution >= 0.6 is 0 Å². The third-order valence-corrected chi connectivity index (χ3v) is 8.05. The average Bonchev–Trinajstić information content (AvgIpc) is 3.31. The number of piperazine rings is 1. The molecule has 1 amide bonds. The first kappa shape index (κ1) is 24.6. The van der Waals surface area contributed by atoms with Gasteiger partial charge in [0, 0.05) is 60.9 Å². The smallest absolute Gasteiger partial charge is 0.246 e. The first-order valence-corrected chi connectivity index (χ1v) is 13.3. The van der Waals surface area contributed by atoms with Crippen LogP contribution in [-0.4, -0.2) is 55.0 Å². The lowest BCUT2D eigenvalue weighted by atomic mass is 9.94. The van der Waals surface area contributed by atoms with Gasteiger partial charge in [0.1, 0.15) is 11.3 Å². The first-order valence-electron chi connectivity index (χ1n) is 13.3. The molecule has 0 N–H and O–H groups in total. The number of hydrogen-bond acceptors (Lipinski definition) is 4. The predicted molar refractivity (Wildman–Crippen MR) is 146 cm³/mol. The zero-order valence-corrected chi connectivity index (χ0v) is 22.1. The SMILES string of the molecule is COc1cc2occ(-c3ccc(C)cc3C)c2cc1/C(C)=C/C(=O)N1CCN(C2CCCCC2)CC1. The first-order chi connectivity index (χ1) is 17.4. The molecule has 0 unspecified atom stereocenters. The van der Waals surface area contributed by atoms with E-state index in [-0.39, 0.29) is 5.91 Å². The summed E-state index contributed by atoms with van der Waals surface area (Å²) in [5, 5.41) is 1.03. The fraction of sp³-hybridized carbons (Fsp3) is 0.452. The summed E-state index contributed by atoms with van der Waals surface area (Å²) in [6.07, 6.45) is 10.3. The van der Waals surface area contributed by atoms with Gasteiger partial charge in [-0.3, -0.25) is 9.69 Å². The lowest BCUT2D eigenvalue weighted by Gasteiger charge is -2.40. The molecule has 0 bridgehead atoms. The van der Waals surface area contributed by atoms with Gasteiger partial charge in [-0.1, -0.05) is 43.0 Å². The summed E-state index contributed by atoms with van der Waals surface area (Å²) in [5.41, 5.74) is 7.28. The Balaban J connectivity index is 1.38. The lowest BCUT2D eigenvalue weighted by molar-refractivity contribution is -0.128. The topological polar surface area (TPSA) is 45.9 Å². The molecule has 5 nitrogen and oxygen atoms in total. The third-order valence-electron chi connectivity index (χ3n) is 8.05. The van der Waals surface area contributed by atoms with Crippen molar-refractivity contribution in [3.63, 3.8) is 0 Å². The molecule has 1 saturated heterocycles. The minimum Gasteiger partial charge on any atom is -0.496 e. The number of fused-ring (bicyclic) bond motifs is 1. The Bertz CT molecular complexity index is 1270. The number of furan rings is 1. The number of carbonyl (C=O) groups is 1. The standard InChI is InChI=1S/C31H38N2O3/c1-21-10-11-25(22(2)16-21)28-20-36-30-19-29(35-4)26(18-27(28)30)23(3)17-31(34)33-14-12-32(13-15-33)24-8-6-5-7-9-24/h10-11,16-20,24H,5-9,12-15H2,1-4H3/b23-17+. The molecule has 1 saturated carbocycles. The van der Waals surface area contributed by atoms with E-state index in [1.165, 1.54) is 43.2 Å². The Kier molecular flexibility index (Phi) is 7.20. The van der Waals surface area contributed by atoms with Crippen molar-refractivity contribution in [2.45, 2.75) is 58.9 Å². The number of carbonyl (C=O) groups excluding carboxylic acids is 1. The van der Waals surface area contributed by atoms with Gasteiger partial charge in [-0.2, -0.15) is 0 Å². The van der Waals surface area contributed by atoms with E-state index in [4.69, 9.17) is 9.15 Å². The van der Waals surface area contributed by atoms with Crippen LogP contribution in [0.5, 0.6) is 5.75 Å². The summed E-state index contributed by atoms with van der Waals surface area (Å²) >= 11 is 0. The van der Waals surface area contributed by atoms with Crippen LogP contribution in [0.4, 0.5) is 0 Å². The van der Waals surface area contributed by atoms with Crippen LogP contribution in [0.3, 0.4) is 0 Å². The van der Waals surface area contributed by atoms with Crippen LogP contribution in [0.15, 0.2) is 47.1 Å². The quantitative estimate of drug-likeness (QED) is 0.381. The van der Waals surface area contributed by atoms with Crippen LogP contribution in [0, 0.1) is 13.8 Å². The molecule has 190 valence electrons. The number of nitrogens with zero attached hydrogens (tertiary/aromatic N) is 2. The average molecular weight is 487 g/mol. The maximum atomic E-state index is 13.2. The Morgan fingerprint density at radius 1 is 1.00 bits per heavy atom. The van der Waals surface area contributed by atoms with E-state index in [9.17, 15) is 4.79 Å². The molecular formula is C31H38N2O3. The van der Waals surface area contributed by atoms with Gasteiger partial charge < -0.3 is 14.1 Å². The van der Waals surface area contributed by atoms with E-state index >= 15 is 0 Å². The van der Waals surface area contributed by atoms with E-state index in [2.05, 4.69) is 43.0 Å². The molecule has 2 heterocycles. The molecule has 1 aromatic heterocycles. The van der Waals surface area contributed by atoms with Crippen molar-refractivity contribution in [3.8, 4) is 16.9 Å². The molecule has 2 fully saturated rings. The van der Waals surface area contributed by atoms with Crippen LogP contribution in [0.25, 0.3) is 27.7 Å². The highest BCUT2D eigenvalue weighted by molar-refractivity contribution is 6.00. The number of rotatable bonds is 5. The van der Waals surface area contributed by atoms with Crippen molar-refractivity contribution in [1.29, 1.82) is 0 Å². The summed E-state index contributed by atoms with van der Waals surface area (Å²) in [4.78, 5) is 17.8. The van der Waals surface area contributed by atoms with Crippen molar-refractivity contribution < 1.29 is 13.9 Å². The fourth-order valence-electron chi connectivity index (χ4n) is 5.96. The molecular weight excluding hydrogens is 448 g/mol. The summed E-state index contributed by atoms with van der Waals surface area (Å²) in [6.45, 7) is 9.79. The Morgan fingerprint density at radius 3 is 2.44 bits per heavy atom. The van der Waals surface area contributed by atoms with E-state index in [0.29, 0.717) is 11.8 Å². The summed E-state index contributed by atoms with van der Waals surface area (Å²) in [6, 6.07) is 11.2. The molecule has 5 heteroatoms. The Labute approximate surface area is 214 Å². The molecule has 0 spiro atoms. The number of methoxy groups -OCH3 is 1. The highest BCUT2D eigenvalue weighted by Gasteiger charge is 2.26. The molecule has 36 heavy (non-hydrogen) atoms. The van der Waals surface area contributed by atoms with Gasteiger partial charge in [0.25, 0.3) is 0 Å². The molecule has 2 aliphatic rings. The highest BCUT2D eigenvalue weighted by atomic mass is 16.5.